The monoisotopic (exact) mass is 472 g/mol. The van der Waals surface area contributed by atoms with Crippen molar-refractivity contribution in [2.45, 2.75) is 53.0 Å². The highest BCUT2D eigenvalue weighted by Crippen LogP contribution is 2.37. The van der Waals surface area contributed by atoms with Gasteiger partial charge >= 0.3 is 5.63 Å². The number of aromatic nitrogens is 1. The van der Waals surface area contributed by atoms with Gasteiger partial charge in [-0.1, -0.05) is 6.07 Å². The normalized spacial score (nSPS) is 19.4. The number of amides is 1. The van der Waals surface area contributed by atoms with Crippen molar-refractivity contribution in [3.8, 4) is 0 Å². The zero-order valence-corrected chi connectivity index (χ0v) is 20.4. The van der Waals surface area contributed by atoms with E-state index in [0.29, 0.717) is 36.4 Å². The van der Waals surface area contributed by atoms with E-state index in [-0.39, 0.29) is 29.7 Å². The first-order chi connectivity index (χ1) is 16.7. The number of carbonyl (C=O) groups excluding carboxylic acids is 1. The van der Waals surface area contributed by atoms with Crippen LogP contribution in [-0.4, -0.2) is 28.5 Å². The van der Waals surface area contributed by atoms with Crippen LogP contribution < -0.4 is 11.2 Å². The number of furan rings is 1. The number of carbonyl (C=O) groups is 1. The highest BCUT2D eigenvalue weighted by molar-refractivity contribution is 6.07. The Hall–Kier alpha value is -3.61. The van der Waals surface area contributed by atoms with Gasteiger partial charge in [-0.15, -0.1) is 0 Å². The Morgan fingerprint density at radius 3 is 2.60 bits per heavy atom. The number of hydrogen-bond acceptors (Lipinski definition) is 5. The van der Waals surface area contributed by atoms with Crippen LogP contribution in [0.1, 0.15) is 46.0 Å². The second-order valence-corrected chi connectivity index (χ2v) is 10.2. The highest BCUT2D eigenvalue weighted by Gasteiger charge is 2.36. The second-order valence-electron chi connectivity index (χ2n) is 10.2. The summed E-state index contributed by atoms with van der Waals surface area (Å²) in [6.45, 7) is 9.58. The first-order valence-electron chi connectivity index (χ1n) is 12.2. The van der Waals surface area contributed by atoms with E-state index in [2.05, 4.69) is 0 Å². The lowest BCUT2D eigenvalue weighted by atomic mass is 9.83. The summed E-state index contributed by atoms with van der Waals surface area (Å²) in [5.41, 5.74) is 4.91. The van der Waals surface area contributed by atoms with Crippen molar-refractivity contribution in [1.29, 1.82) is 0 Å². The van der Waals surface area contributed by atoms with E-state index in [4.69, 9.17) is 8.83 Å². The van der Waals surface area contributed by atoms with Crippen LogP contribution in [0, 0.1) is 33.6 Å². The Morgan fingerprint density at radius 2 is 1.80 bits per heavy atom. The molecule has 2 aliphatic heterocycles. The van der Waals surface area contributed by atoms with Gasteiger partial charge in [-0.3, -0.25) is 9.59 Å². The number of pyridine rings is 1. The molecule has 0 radical (unpaired) electrons. The molecule has 1 aromatic carbocycles. The minimum Gasteiger partial charge on any atom is -0.460 e. The molecule has 2 bridgehead atoms. The Bertz CT molecular complexity index is 1650. The van der Waals surface area contributed by atoms with E-state index in [1.54, 1.807) is 12.1 Å². The molecule has 0 N–H and O–H groups in total. The zero-order chi connectivity index (χ0) is 24.6. The van der Waals surface area contributed by atoms with Crippen molar-refractivity contribution in [2.24, 2.45) is 5.92 Å². The van der Waals surface area contributed by atoms with Gasteiger partial charge < -0.3 is 18.3 Å². The highest BCUT2D eigenvalue weighted by atomic mass is 16.4. The summed E-state index contributed by atoms with van der Waals surface area (Å²) < 4.78 is 13.7. The van der Waals surface area contributed by atoms with E-state index in [1.165, 1.54) is 0 Å². The fraction of sp³-hybridized carbons (Fsp3) is 0.393. The molecule has 7 nitrogen and oxygen atoms in total. The van der Waals surface area contributed by atoms with Crippen LogP contribution in [0.25, 0.3) is 21.9 Å². The largest absolute Gasteiger partial charge is 0.460 e. The topological polar surface area (TPSA) is 85.7 Å². The lowest BCUT2D eigenvalue weighted by Gasteiger charge is -2.42. The molecule has 180 valence electrons. The third-order valence-electron chi connectivity index (χ3n) is 8.04. The van der Waals surface area contributed by atoms with Crippen molar-refractivity contribution >= 4 is 27.8 Å². The maximum atomic E-state index is 13.4. The van der Waals surface area contributed by atoms with Crippen LogP contribution in [0.4, 0.5) is 0 Å². The fourth-order valence-corrected chi connectivity index (χ4v) is 6.20. The van der Waals surface area contributed by atoms with Crippen LogP contribution in [0.2, 0.25) is 0 Å². The van der Waals surface area contributed by atoms with Crippen LogP contribution in [0.5, 0.6) is 0 Å². The molecule has 1 fully saturated rings. The van der Waals surface area contributed by atoms with Gasteiger partial charge in [-0.25, -0.2) is 4.79 Å². The molecule has 6 rings (SSSR count). The molecule has 4 aromatic rings. The number of nitrogens with zero attached hydrogens (tertiary/aromatic N) is 2. The van der Waals surface area contributed by atoms with Crippen molar-refractivity contribution in [2.75, 3.05) is 13.1 Å². The van der Waals surface area contributed by atoms with Crippen LogP contribution >= 0.6 is 0 Å². The average molecular weight is 473 g/mol. The Labute approximate surface area is 201 Å². The second kappa shape index (κ2) is 7.70. The van der Waals surface area contributed by atoms with E-state index in [0.717, 1.165) is 45.3 Å². The molecule has 3 aromatic heterocycles. The summed E-state index contributed by atoms with van der Waals surface area (Å²) in [6, 6.07) is 7.25. The van der Waals surface area contributed by atoms with Gasteiger partial charge in [0.25, 0.3) is 5.56 Å². The van der Waals surface area contributed by atoms with E-state index in [1.807, 2.05) is 49.3 Å². The molecule has 2 atom stereocenters. The minimum absolute atomic E-state index is 0.0147. The van der Waals surface area contributed by atoms with Crippen molar-refractivity contribution in [3.05, 3.63) is 78.7 Å². The number of rotatable bonds is 2. The molecule has 0 spiro atoms. The summed E-state index contributed by atoms with van der Waals surface area (Å²) in [6.07, 6.45) is 0.956. The number of likely N-dealkylation sites (tertiary alicyclic amines) is 1. The van der Waals surface area contributed by atoms with Crippen LogP contribution in [-0.2, 0) is 17.8 Å². The first-order valence-corrected chi connectivity index (χ1v) is 12.2. The maximum absolute atomic E-state index is 13.4. The molecule has 1 saturated heterocycles. The van der Waals surface area contributed by atoms with Gasteiger partial charge in [0.1, 0.15) is 16.9 Å². The predicted octanol–water partition coefficient (Wildman–Crippen LogP) is 4.12. The third-order valence-corrected chi connectivity index (χ3v) is 8.04. The van der Waals surface area contributed by atoms with Gasteiger partial charge in [0.15, 0.2) is 0 Å². The summed E-state index contributed by atoms with van der Waals surface area (Å²) in [4.78, 5) is 40.6. The van der Waals surface area contributed by atoms with Crippen LogP contribution in [0.3, 0.4) is 0 Å². The minimum atomic E-state index is -0.476. The van der Waals surface area contributed by atoms with Crippen LogP contribution in [0.15, 0.2) is 42.7 Å². The number of piperidine rings is 1. The number of hydrogen-bond donors (Lipinski definition) is 0. The summed E-state index contributed by atoms with van der Waals surface area (Å²) in [5, 5.41) is 1.79. The zero-order valence-electron chi connectivity index (χ0n) is 20.4. The lowest BCUT2D eigenvalue weighted by Crippen LogP contribution is -2.49. The van der Waals surface area contributed by atoms with E-state index >= 15 is 0 Å². The fourth-order valence-electron chi connectivity index (χ4n) is 6.20. The molecule has 35 heavy (non-hydrogen) atoms. The summed E-state index contributed by atoms with van der Waals surface area (Å²) in [5.74, 6) is 1.11. The first kappa shape index (κ1) is 21.9. The number of benzene rings is 1. The average Bonchev–Trinajstić information content (AvgIpc) is 3.11. The van der Waals surface area contributed by atoms with Crippen molar-refractivity contribution in [1.82, 2.24) is 9.47 Å². The lowest BCUT2D eigenvalue weighted by molar-refractivity contribution is -0.133. The molecular weight excluding hydrogens is 444 g/mol. The standard InChI is InChI=1S/C28H28N2O5/c1-14-8-22-26(27-25(14)15(2)17(4)34-27)16(3)20(28(33)35-22)10-24(32)29-11-18-9-19(13-29)21-6-5-7-23(31)30(21)12-18/h5-8,18-19H,9-13H2,1-4H3. The Kier molecular flexibility index (Phi) is 4.82. The summed E-state index contributed by atoms with van der Waals surface area (Å²) >= 11 is 0. The van der Waals surface area contributed by atoms with Gasteiger partial charge in [-0.2, -0.15) is 0 Å². The molecule has 5 heterocycles. The Balaban J connectivity index is 1.37. The molecule has 7 heteroatoms. The van der Waals surface area contributed by atoms with Crippen molar-refractivity contribution < 1.29 is 13.6 Å². The molecule has 0 aliphatic carbocycles. The predicted molar refractivity (Wildman–Crippen MR) is 133 cm³/mol. The molecular formula is C28H28N2O5. The number of fused-ring (bicyclic) bond motifs is 7. The molecule has 1 amide bonds. The molecule has 2 aliphatic rings. The smallest absolute Gasteiger partial charge is 0.340 e. The quantitative estimate of drug-likeness (QED) is 0.410. The molecule has 2 unspecified atom stereocenters. The van der Waals surface area contributed by atoms with E-state index in [9.17, 15) is 14.4 Å². The Morgan fingerprint density at radius 1 is 1.00 bits per heavy atom. The van der Waals surface area contributed by atoms with Crippen molar-refractivity contribution in [3.63, 3.8) is 0 Å². The SMILES string of the molecule is Cc1oc2c(c(C)cc3oc(=O)c(CC(=O)N4CC5CC(C4)c4cccc(=O)n4C5)c(C)c32)c1C. The van der Waals surface area contributed by atoms with Gasteiger partial charge in [0.05, 0.1) is 17.4 Å². The van der Waals surface area contributed by atoms with Gasteiger partial charge in [0, 0.05) is 42.7 Å². The number of aryl methyl sites for hydroxylation is 4. The summed E-state index contributed by atoms with van der Waals surface area (Å²) in [7, 11) is 0. The van der Waals surface area contributed by atoms with Gasteiger partial charge in [0.2, 0.25) is 5.91 Å². The third kappa shape index (κ3) is 3.28. The molecule has 0 saturated carbocycles. The maximum Gasteiger partial charge on any atom is 0.340 e. The van der Waals surface area contributed by atoms with Gasteiger partial charge in [-0.05, 0) is 68.9 Å². The van der Waals surface area contributed by atoms with E-state index < -0.39 is 5.63 Å².